The fraction of sp³-hybridized carbons (Fsp3) is 0.0667. The van der Waals surface area contributed by atoms with E-state index in [0.717, 1.165) is 17.1 Å². The molecule has 1 aromatic heterocycles. The van der Waals surface area contributed by atoms with E-state index in [2.05, 4.69) is 35.7 Å². The third-order valence-electron chi connectivity index (χ3n) is 3.16. The zero-order valence-corrected chi connectivity index (χ0v) is 10.4. The minimum Gasteiger partial charge on any atom is -0.454 e. The molecule has 0 radical (unpaired) electrons. The lowest BCUT2D eigenvalue weighted by Crippen LogP contribution is -1.92. The number of ether oxygens (including phenoxy) is 2. The van der Waals surface area contributed by atoms with Gasteiger partial charge in [0.05, 0.1) is 0 Å². The summed E-state index contributed by atoms with van der Waals surface area (Å²) >= 11 is 1.77. The molecule has 0 aliphatic carbocycles. The van der Waals surface area contributed by atoms with E-state index >= 15 is 0 Å². The summed E-state index contributed by atoms with van der Waals surface area (Å²) in [5.41, 5.74) is 2.37. The summed E-state index contributed by atoms with van der Waals surface area (Å²) in [6, 6.07) is 14.7. The second-order valence-corrected chi connectivity index (χ2v) is 5.19. The van der Waals surface area contributed by atoms with Gasteiger partial charge < -0.3 is 9.47 Å². The Labute approximate surface area is 108 Å². The minimum atomic E-state index is 0.322. The molecule has 2 aromatic carbocycles. The van der Waals surface area contributed by atoms with E-state index in [4.69, 9.17) is 9.47 Å². The third kappa shape index (κ3) is 1.48. The van der Waals surface area contributed by atoms with E-state index < -0.39 is 0 Å². The van der Waals surface area contributed by atoms with Crippen molar-refractivity contribution in [2.24, 2.45) is 0 Å². The van der Waals surface area contributed by atoms with Gasteiger partial charge in [-0.1, -0.05) is 18.2 Å². The zero-order valence-electron chi connectivity index (χ0n) is 9.55. The smallest absolute Gasteiger partial charge is 0.231 e. The van der Waals surface area contributed by atoms with Crippen LogP contribution >= 0.6 is 11.3 Å². The highest BCUT2D eigenvalue weighted by atomic mass is 32.1. The normalized spacial score (nSPS) is 13.1. The van der Waals surface area contributed by atoms with Crippen LogP contribution in [0.25, 0.3) is 21.2 Å². The van der Waals surface area contributed by atoms with Gasteiger partial charge in [-0.3, -0.25) is 0 Å². The molecule has 3 heteroatoms. The van der Waals surface area contributed by atoms with Gasteiger partial charge in [-0.2, -0.15) is 0 Å². The molecule has 0 amide bonds. The topological polar surface area (TPSA) is 18.5 Å². The molecule has 0 N–H and O–H groups in total. The van der Waals surface area contributed by atoms with Gasteiger partial charge >= 0.3 is 0 Å². The summed E-state index contributed by atoms with van der Waals surface area (Å²) in [5, 5.41) is 3.41. The molecule has 0 spiro atoms. The molecule has 18 heavy (non-hydrogen) atoms. The quantitative estimate of drug-likeness (QED) is 0.644. The Balaban J connectivity index is 1.86. The first kappa shape index (κ1) is 9.97. The Morgan fingerprint density at radius 3 is 2.67 bits per heavy atom. The second-order valence-electron chi connectivity index (χ2n) is 4.24. The predicted molar refractivity (Wildman–Crippen MR) is 73.4 cm³/mol. The van der Waals surface area contributed by atoms with Crippen LogP contribution in [-0.4, -0.2) is 6.79 Å². The summed E-state index contributed by atoms with van der Waals surface area (Å²) in [7, 11) is 0. The van der Waals surface area contributed by atoms with Crippen molar-refractivity contribution in [3.8, 4) is 22.6 Å². The molecule has 0 unspecified atom stereocenters. The van der Waals surface area contributed by atoms with Crippen molar-refractivity contribution in [1.29, 1.82) is 0 Å². The maximum Gasteiger partial charge on any atom is 0.231 e. The van der Waals surface area contributed by atoms with Crippen LogP contribution in [0.3, 0.4) is 0 Å². The Morgan fingerprint density at radius 2 is 1.67 bits per heavy atom. The first-order chi connectivity index (χ1) is 8.90. The van der Waals surface area contributed by atoms with E-state index in [1.54, 1.807) is 11.3 Å². The summed E-state index contributed by atoms with van der Waals surface area (Å²) in [6.07, 6.45) is 0. The summed E-state index contributed by atoms with van der Waals surface area (Å²) < 4.78 is 12.1. The highest BCUT2D eigenvalue weighted by molar-refractivity contribution is 7.17. The van der Waals surface area contributed by atoms with E-state index in [0.29, 0.717) is 6.79 Å². The van der Waals surface area contributed by atoms with Gasteiger partial charge in [0.1, 0.15) is 0 Å². The summed E-state index contributed by atoms with van der Waals surface area (Å²) in [4.78, 5) is 0. The van der Waals surface area contributed by atoms with Crippen LogP contribution in [0.2, 0.25) is 0 Å². The summed E-state index contributed by atoms with van der Waals surface area (Å²) in [6.45, 7) is 0.322. The molecule has 0 atom stereocenters. The van der Waals surface area contributed by atoms with E-state index in [-0.39, 0.29) is 0 Å². The molecule has 0 saturated heterocycles. The highest BCUT2D eigenvalue weighted by Crippen LogP contribution is 2.36. The Morgan fingerprint density at radius 1 is 0.833 bits per heavy atom. The molecule has 0 bridgehead atoms. The van der Waals surface area contributed by atoms with Crippen molar-refractivity contribution in [1.82, 2.24) is 0 Å². The number of hydrogen-bond acceptors (Lipinski definition) is 3. The van der Waals surface area contributed by atoms with Crippen LogP contribution < -0.4 is 9.47 Å². The van der Waals surface area contributed by atoms with Crippen LogP contribution in [0.1, 0.15) is 0 Å². The van der Waals surface area contributed by atoms with Crippen molar-refractivity contribution in [2.75, 3.05) is 6.79 Å². The largest absolute Gasteiger partial charge is 0.454 e. The van der Waals surface area contributed by atoms with Gasteiger partial charge in [0, 0.05) is 4.70 Å². The molecule has 1 aliphatic heterocycles. The number of rotatable bonds is 1. The van der Waals surface area contributed by atoms with Crippen LogP contribution in [0.5, 0.6) is 11.5 Å². The number of fused-ring (bicyclic) bond motifs is 2. The Kier molecular flexibility index (Phi) is 2.08. The van der Waals surface area contributed by atoms with Gasteiger partial charge in [0.25, 0.3) is 0 Å². The SMILES string of the molecule is c1cc2ccc(-c3ccc4c(c3)OCO4)cc2s1. The number of thiophene rings is 1. The third-order valence-corrected chi connectivity index (χ3v) is 4.04. The van der Waals surface area contributed by atoms with Crippen LogP contribution in [-0.2, 0) is 0 Å². The maximum absolute atomic E-state index is 5.41. The summed E-state index contributed by atoms with van der Waals surface area (Å²) in [5.74, 6) is 1.66. The highest BCUT2D eigenvalue weighted by Gasteiger charge is 2.13. The molecule has 88 valence electrons. The van der Waals surface area contributed by atoms with Gasteiger partial charge in [-0.15, -0.1) is 11.3 Å². The van der Waals surface area contributed by atoms with E-state index in [1.165, 1.54) is 15.6 Å². The van der Waals surface area contributed by atoms with Crippen molar-refractivity contribution < 1.29 is 9.47 Å². The van der Waals surface area contributed by atoms with E-state index in [9.17, 15) is 0 Å². The maximum atomic E-state index is 5.41. The molecule has 2 nitrogen and oxygen atoms in total. The average molecular weight is 254 g/mol. The van der Waals surface area contributed by atoms with Gasteiger partial charge in [0.15, 0.2) is 11.5 Å². The lowest BCUT2D eigenvalue weighted by Gasteiger charge is -2.03. The predicted octanol–water partition coefficient (Wildman–Crippen LogP) is 4.30. The van der Waals surface area contributed by atoms with Gasteiger partial charge in [-0.05, 0) is 46.2 Å². The zero-order chi connectivity index (χ0) is 11.9. The monoisotopic (exact) mass is 254 g/mol. The molecular formula is C15H10O2S. The molecular weight excluding hydrogens is 244 g/mol. The molecule has 0 fully saturated rings. The fourth-order valence-electron chi connectivity index (χ4n) is 2.21. The first-order valence-electron chi connectivity index (χ1n) is 5.77. The Bertz CT molecular complexity index is 730. The lowest BCUT2D eigenvalue weighted by molar-refractivity contribution is 0.174. The number of hydrogen-bond donors (Lipinski definition) is 0. The molecule has 0 saturated carbocycles. The minimum absolute atomic E-state index is 0.322. The Hall–Kier alpha value is -2.00. The van der Waals surface area contributed by atoms with Crippen LogP contribution in [0.4, 0.5) is 0 Å². The van der Waals surface area contributed by atoms with Crippen molar-refractivity contribution in [2.45, 2.75) is 0 Å². The van der Waals surface area contributed by atoms with Gasteiger partial charge in [0.2, 0.25) is 6.79 Å². The van der Waals surface area contributed by atoms with Crippen molar-refractivity contribution in [3.63, 3.8) is 0 Å². The van der Waals surface area contributed by atoms with Gasteiger partial charge in [-0.25, -0.2) is 0 Å². The molecule has 1 aliphatic rings. The van der Waals surface area contributed by atoms with Crippen molar-refractivity contribution in [3.05, 3.63) is 47.8 Å². The van der Waals surface area contributed by atoms with Crippen LogP contribution in [0, 0.1) is 0 Å². The first-order valence-corrected chi connectivity index (χ1v) is 6.65. The molecule has 2 heterocycles. The lowest BCUT2D eigenvalue weighted by atomic mass is 10.0. The van der Waals surface area contributed by atoms with E-state index in [1.807, 2.05) is 12.1 Å². The van der Waals surface area contributed by atoms with Crippen LogP contribution in [0.15, 0.2) is 47.8 Å². The fourth-order valence-corrected chi connectivity index (χ4v) is 3.04. The molecule has 4 rings (SSSR count). The average Bonchev–Trinajstić information content (AvgIpc) is 3.05. The molecule has 3 aromatic rings. The van der Waals surface area contributed by atoms with Crippen molar-refractivity contribution >= 4 is 21.4 Å². The second kappa shape index (κ2) is 3.75. The number of benzene rings is 2. The standard InChI is InChI=1S/C15H10O2S/c1-2-12(8-15-10(1)5-6-18-15)11-3-4-13-14(7-11)17-9-16-13/h1-8H,9H2.